The molecule has 0 aliphatic carbocycles. The van der Waals surface area contributed by atoms with Crippen molar-refractivity contribution in [1.29, 1.82) is 0 Å². The topological polar surface area (TPSA) is 81.1 Å². The molecule has 1 rings (SSSR count). The van der Waals surface area contributed by atoms with Crippen LogP contribution in [0.5, 0.6) is 0 Å². The number of rotatable bonds is 5. The van der Waals surface area contributed by atoms with Crippen LogP contribution in [0.15, 0.2) is 17.6 Å². The van der Waals surface area contributed by atoms with Gasteiger partial charge in [0.05, 0.1) is 6.33 Å². The lowest BCUT2D eigenvalue weighted by atomic mass is 10.2. The molecule has 102 valence electrons. The number of carbonyl (C=O) groups is 1. The predicted octanol–water partition coefficient (Wildman–Crippen LogP) is 1.14. The Morgan fingerprint density at radius 1 is 1.50 bits per heavy atom. The normalized spacial score (nSPS) is 13.6. The molecular weight excluding hydrogens is 278 g/mol. The first kappa shape index (κ1) is 15.0. The van der Waals surface area contributed by atoms with E-state index < -0.39 is 15.1 Å². The minimum atomic E-state index is -3.86. The van der Waals surface area contributed by atoms with Crippen molar-refractivity contribution in [3.63, 3.8) is 0 Å². The Labute approximate surface area is 111 Å². The van der Waals surface area contributed by atoms with Crippen molar-refractivity contribution in [2.45, 2.75) is 31.8 Å². The Morgan fingerprint density at radius 3 is 2.56 bits per heavy atom. The van der Waals surface area contributed by atoms with Crippen LogP contribution in [0.4, 0.5) is 0 Å². The lowest BCUT2D eigenvalue weighted by molar-refractivity contribution is -0.124. The summed E-state index contributed by atoms with van der Waals surface area (Å²) in [5, 5.41) is 2.50. The molecule has 8 heteroatoms. The van der Waals surface area contributed by atoms with E-state index in [0.717, 1.165) is 0 Å². The van der Waals surface area contributed by atoms with Gasteiger partial charge in [-0.05, 0) is 12.8 Å². The summed E-state index contributed by atoms with van der Waals surface area (Å²) in [6.45, 7) is 6.20. The zero-order valence-electron chi connectivity index (χ0n) is 10.4. The van der Waals surface area contributed by atoms with E-state index in [2.05, 4.69) is 10.3 Å². The second kappa shape index (κ2) is 5.71. The van der Waals surface area contributed by atoms with Crippen LogP contribution in [0.1, 0.15) is 26.8 Å². The molecule has 1 heterocycles. The van der Waals surface area contributed by atoms with Gasteiger partial charge in [-0.1, -0.05) is 13.8 Å². The predicted molar refractivity (Wildman–Crippen MR) is 67.8 cm³/mol. The molecule has 0 fully saturated rings. The maximum atomic E-state index is 11.8. The van der Waals surface area contributed by atoms with Gasteiger partial charge < -0.3 is 9.88 Å². The maximum Gasteiger partial charge on any atom is 0.280 e. The average Bonchev–Trinajstić information content (AvgIpc) is 2.73. The van der Waals surface area contributed by atoms with Gasteiger partial charge >= 0.3 is 0 Å². The third kappa shape index (κ3) is 3.99. The number of amides is 1. The van der Waals surface area contributed by atoms with Crippen LogP contribution in [0.25, 0.3) is 0 Å². The van der Waals surface area contributed by atoms with Crippen LogP contribution in [0.2, 0.25) is 0 Å². The largest absolute Gasteiger partial charge is 0.354 e. The molecule has 0 saturated carbocycles. The third-order valence-corrected chi connectivity index (χ3v) is 3.52. The van der Waals surface area contributed by atoms with Gasteiger partial charge in [-0.15, -0.1) is 0 Å². The van der Waals surface area contributed by atoms with Gasteiger partial charge in [0.1, 0.15) is 6.04 Å². The molecule has 0 aliphatic rings. The van der Waals surface area contributed by atoms with Gasteiger partial charge in [-0.2, -0.15) is 0 Å². The monoisotopic (exact) mass is 293 g/mol. The second-order valence-electron chi connectivity index (χ2n) is 4.41. The summed E-state index contributed by atoms with van der Waals surface area (Å²) in [6, 6.07) is -0.539. The lowest BCUT2D eigenvalue weighted by Gasteiger charge is -2.14. The highest BCUT2D eigenvalue weighted by atomic mass is 35.7. The van der Waals surface area contributed by atoms with E-state index in [-0.39, 0.29) is 10.9 Å². The van der Waals surface area contributed by atoms with Crippen LogP contribution in [0, 0.1) is 5.92 Å². The number of halogens is 1. The summed E-state index contributed by atoms with van der Waals surface area (Å²) in [5.41, 5.74) is 0. The quantitative estimate of drug-likeness (QED) is 0.826. The average molecular weight is 294 g/mol. The zero-order valence-corrected chi connectivity index (χ0v) is 12.0. The van der Waals surface area contributed by atoms with Gasteiger partial charge in [-0.25, -0.2) is 13.4 Å². The van der Waals surface area contributed by atoms with Gasteiger partial charge in [0.25, 0.3) is 9.05 Å². The van der Waals surface area contributed by atoms with E-state index >= 15 is 0 Å². The van der Waals surface area contributed by atoms with Crippen molar-refractivity contribution < 1.29 is 13.2 Å². The second-order valence-corrected chi connectivity index (χ2v) is 6.92. The molecule has 18 heavy (non-hydrogen) atoms. The summed E-state index contributed by atoms with van der Waals surface area (Å²) in [7, 11) is 1.30. The van der Waals surface area contributed by atoms with Gasteiger partial charge in [0.2, 0.25) is 5.91 Å². The maximum absolute atomic E-state index is 11.8. The fraction of sp³-hybridized carbons (Fsp3) is 0.600. The third-order valence-electron chi connectivity index (χ3n) is 2.34. The number of carbonyl (C=O) groups excluding carboxylic acids is 1. The van der Waals surface area contributed by atoms with E-state index in [1.807, 2.05) is 13.8 Å². The molecule has 0 saturated heterocycles. The molecule has 1 amide bonds. The van der Waals surface area contributed by atoms with Crippen LogP contribution in [0.3, 0.4) is 0 Å². The Bertz CT molecular complexity index is 524. The van der Waals surface area contributed by atoms with Gasteiger partial charge in [0.15, 0.2) is 5.03 Å². The molecule has 0 aromatic carbocycles. The molecule has 1 unspecified atom stereocenters. The summed E-state index contributed by atoms with van der Waals surface area (Å²) in [4.78, 5) is 15.4. The first-order chi connectivity index (χ1) is 8.21. The van der Waals surface area contributed by atoms with Crippen molar-refractivity contribution in [3.05, 3.63) is 12.5 Å². The Balaban J connectivity index is 2.76. The van der Waals surface area contributed by atoms with Crippen LogP contribution < -0.4 is 5.32 Å². The van der Waals surface area contributed by atoms with E-state index in [4.69, 9.17) is 10.7 Å². The van der Waals surface area contributed by atoms with E-state index in [1.54, 1.807) is 6.92 Å². The van der Waals surface area contributed by atoms with E-state index in [9.17, 15) is 13.2 Å². The highest BCUT2D eigenvalue weighted by Gasteiger charge is 2.19. The Hall–Kier alpha value is -1.08. The number of hydrogen-bond acceptors (Lipinski definition) is 4. The first-order valence-corrected chi connectivity index (χ1v) is 7.78. The summed E-state index contributed by atoms with van der Waals surface area (Å²) >= 11 is 0. The molecule has 0 spiro atoms. The molecule has 1 aromatic heterocycles. The van der Waals surface area contributed by atoms with E-state index in [0.29, 0.717) is 12.5 Å². The van der Waals surface area contributed by atoms with Crippen LogP contribution in [-0.4, -0.2) is 30.4 Å². The fourth-order valence-electron chi connectivity index (χ4n) is 1.24. The molecule has 1 aromatic rings. The van der Waals surface area contributed by atoms with E-state index in [1.165, 1.54) is 17.1 Å². The summed E-state index contributed by atoms with van der Waals surface area (Å²) in [6.07, 6.45) is 2.51. The fourth-order valence-corrected chi connectivity index (χ4v) is 1.90. The summed E-state index contributed by atoms with van der Waals surface area (Å²) < 4.78 is 23.5. The number of nitrogens with one attached hydrogen (secondary N) is 1. The first-order valence-electron chi connectivity index (χ1n) is 5.47. The van der Waals surface area contributed by atoms with Crippen LogP contribution in [-0.2, 0) is 13.8 Å². The minimum Gasteiger partial charge on any atom is -0.354 e. The lowest BCUT2D eigenvalue weighted by Crippen LogP contribution is -2.33. The smallest absolute Gasteiger partial charge is 0.280 e. The van der Waals surface area contributed by atoms with Crippen molar-refractivity contribution in [2.24, 2.45) is 5.92 Å². The van der Waals surface area contributed by atoms with Crippen molar-refractivity contribution in [3.8, 4) is 0 Å². The molecule has 6 nitrogen and oxygen atoms in total. The van der Waals surface area contributed by atoms with Gasteiger partial charge in [-0.3, -0.25) is 4.79 Å². The minimum absolute atomic E-state index is 0.195. The zero-order chi connectivity index (χ0) is 13.9. The Kier molecular flexibility index (Phi) is 4.75. The summed E-state index contributed by atoms with van der Waals surface area (Å²) in [5.74, 6) is 0.155. The number of aromatic nitrogens is 2. The van der Waals surface area contributed by atoms with Crippen LogP contribution >= 0.6 is 10.7 Å². The number of nitrogens with zero attached hydrogens (tertiary/aromatic N) is 2. The molecular formula is C10H16ClN3O3S. The SMILES string of the molecule is CC(C)CNC(=O)C(C)n1cnc(S(=O)(=O)Cl)c1. The highest BCUT2D eigenvalue weighted by molar-refractivity contribution is 8.13. The molecule has 0 bridgehead atoms. The van der Waals surface area contributed by atoms with Gasteiger partial charge in [0, 0.05) is 23.4 Å². The van der Waals surface area contributed by atoms with Crippen molar-refractivity contribution in [2.75, 3.05) is 6.54 Å². The standard InChI is InChI=1S/C10H16ClN3O3S/c1-7(2)4-12-10(15)8(3)14-5-9(13-6-14)18(11,16)17/h5-8H,4H2,1-3H3,(H,12,15). The van der Waals surface area contributed by atoms with Crippen molar-refractivity contribution >= 4 is 25.6 Å². The number of imidazole rings is 1. The number of hydrogen-bond donors (Lipinski definition) is 1. The highest BCUT2D eigenvalue weighted by Crippen LogP contribution is 2.14. The molecule has 1 atom stereocenters. The Morgan fingerprint density at radius 2 is 2.11 bits per heavy atom. The van der Waals surface area contributed by atoms with Crippen molar-refractivity contribution in [1.82, 2.24) is 14.9 Å². The molecule has 0 radical (unpaired) electrons. The molecule has 0 aliphatic heterocycles. The molecule has 1 N–H and O–H groups in total.